The Morgan fingerprint density at radius 3 is 2.42 bits per heavy atom. The number of nitrogens with zero attached hydrogens (tertiary/aromatic N) is 1. The van der Waals surface area contributed by atoms with Crippen molar-refractivity contribution in [1.82, 2.24) is 9.55 Å². The molecule has 0 aliphatic heterocycles. The lowest BCUT2D eigenvalue weighted by atomic mass is 10.2. The van der Waals surface area contributed by atoms with Crippen LogP contribution in [0.25, 0.3) is 5.69 Å². The van der Waals surface area contributed by atoms with Gasteiger partial charge in [-0.1, -0.05) is 6.92 Å². The lowest BCUT2D eigenvalue weighted by Crippen LogP contribution is -2.18. The van der Waals surface area contributed by atoms with Crippen LogP contribution in [0.1, 0.15) is 12.6 Å². The van der Waals surface area contributed by atoms with Gasteiger partial charge in [0.2, 0.25) is 0 Å². The van der Waals surface area contributed by atoms with E-state index in [-0.39, 0.29) is 11.4 Å². The molecule has 1 N–H and O–H groups in total. The van der Waals surface area contributed by atoms with Gasteiger partial charge in [0.05, 0.1) is 5.69 Å². The fourth-order valence-corrected chi connectivity index (χ4v) is 1.74. The Morgan fingerprint density at radius 1 is 1.26 bits per heavy atom. The van der Waals surface area contributed by atoms with Crippen molar-refractivity contribution in [3.63, 3.8) is 0 Å². The van der Waals surface area contributed by atoms with E-state index < -0.39 is 6.36 Å². The van der Waals surface area contributed by atoms with E-state index in [9.17, 15) is 18.0 Å². The van der Waals surface area contributed by atoms with E-state index in [1.54, 1.807) is 6.20 Å². The van der Waals surface area contributed by atoms with Crippen LogP contribution < -0.4 is 10.4 Å². The lowest BCUT2D eigenvalue weighted by Gasteiger charge is -2.10. The monoisotopic (exact) mass is 272 g/mol. The van der Waals surface area contributed by atoms with Crippen LogP contribution in [0.4, 0.5) is 13.2 Å². The molecular weight excluding hydrogens is 261 g/mol. The number of halogens is 3. The van der Waals surface area contributed by atoms with E-state index in [1.165, 1.54) is 28.8 Å². The summed E-state index contributed by atoms with van der Waals surface area (Å²) in [5.74, 6) is -0.321. The molecule has 1 heterocycles. The van der Waals surface area contributed by atoms with E-state index in [0.29, 0.717) is 12.1 Å². The molecule has 19 heavy (non-hydrogen) atoms. The van der Waals surface area contributed by atoms with Gasteiger partial charge in [0, 0.05) is 11.9 Å². The van der Waals surface area contributed by atoms with Crippen LogP contribution >= 0.6 is 0 Å². The normalized spacial score (nSPS) is 11.6. The van der Waals surface area contributed by atoms with Gasteiger partial charge in [0.15, 0.2) is 0 Å². The smallest absolute Gasteiger partial charge is 0.406 e. The van der Waals surface area contributed by atoms with Crippen LogP contribution in [0.3, 0.4) is 0 Å². The Balaban J connectivity index is 2.33. The molecule has 7 heteroatoms. The summed E-state index contributed by atoms with van der Waals surface area (Å²) >= 11 is 0. The minimum atomic E-state index is -4.72. The molecule has 0 atom stereocenters. The van der Waals surface area contributed by atoms with Gasteiger partial charge < -0.3 is 9.72 Å². The first kappa shape index (κ1) is 13.3. The molecule has 1 aromatic carbocycles. The Morgan fingerprint density at radius 2 is 1.89 bits per heavy atom. The SMILES string of the molecule is CCc1c[nH]c(=O)n1-c1ccc(OC(F)(F)F)cc1. The van der Waals surface area contributed by atoms with Gasteiger partial charge in [-0.05, 0) is 30.7 Å². The number of ether oxygens (including phenoxy) is 1. The Hall–Kier alpha value is -2.18. The molecule has 0 bridgehead atoms. The second kappa shape index (κ2) is 4.83. The number of H-pyrrole nitrogens is 1. The van der Waals surface area contributed by atoms with E-state index in [0.717, 1.165) is 5.69 Å². The first-order valence-corrected chi connectivity index (χ1v) is 5.56. The summed E-state index contributed by atoms with van der Waals surface area (Å²) in [6.07, 6.45) is -2.52. The van der Waals surface area contributed by atoms with Crippen LogP contribution in [0, 0.1) is 0 Å². The van der Waals surface area contributed by atoms with Crippen LogP contribution in [-0.4, -0.2) is 15.9 Å². The topological polar surface area (TPSA) is 47.0 Å². The number of nitrogens with one attached hydrogen (secondary N) is 1. The average Bonchev–Trinajstić information content (AvgIpc) is 2.69. The third-order valence-corrected chi connectivity index (χ3v) is 2.54. The van der Waals surface area contributed by atoms with Crippen molar-refractivity contribution in [3.8, 4) is 11.4 Å². The summed E-state index contributed by atoms with van der Waals surface area (Å²) in [5.41, 5.74) is 0.897. The first-order valence-electron chi connectivity index (χ1n) is 5.56. The number of aromatic amines is 1. The number of aryl methyl sites for hydroxylation is 1. The summed E-state index contributed by atoms with van der Waals surface area (Å²) < 4.78 is 41.2. The van der Waals surface area contributed by atoms with Gasteiger partial charge in [-0.2, -0.15) is 0 Å². The maximum Gasteiger partial charge on any atom is 0.573 e. The van der Waals surface area contributed by atoms with Crippen LogP contribution in [0.2, 0.25) is 0 Å². The molecule has 0 saturated carbocycles. The molecule has 0 amide bonds. The van der Waals surface area contributed by atoms with Gasteiger partial charge in [-0.25, -0.2) is 4.79 Å². The summed E-state index contributed by atoms with van der Waals surface area (Å²) in [5, 5.41) is 0. The van der Waals surface area contributed by atoms with Crippen molar-refractivity contribution in [2.45, 2.75) is 19.7 Å². The molecule has 0 fully saturated rings. The number of hydrogen-bond donors (Lipinski definition) is 1. The van der Waals surface area contributed by atoms with Crippen molar-refractivity contribution in [3.05, 3.63) is 46.6 Å². The predicted molar refractivity (Wildman–Crippen MR) is 62.5 cm³/mol. The van der Waals surface area contributed by atoms with Crippen molar-refractivity contribution < 1.29 is 17.9 Å². The minimum Gasteiger partial charge on any atom is -0.406 e. The maximum atomic E-state index is 12.0. The summed E-state index contributed by atoms with van der Waals surface area (Å²) in [4.78, 5) is 14.1. The number of alkyl halides is 3. The zero-order valence-corrected chi connectivity index (χ0v) is 9.99. The molecular formula is C12H11F3N2O2. The molecule has 102 valence electrons. The molecule has 1 aromatic heterocycles. The molecule has 0 spiro atoms. The zero-order valence-electron chi connectivity index (χ0n) is 9.99. The summed E-state index contributed by atoms with van der Waals surface area (Å²) in [6.45, 7) is 1.88. The standard InChI is InChI=1S/C12H11F3N2O2/c1-2-8-7-16-11(18)17(8)9-3-5-10(6-4-9)19-12(13,14)15/h3-7H,2H2,1H3,(H,16,18). The number of imidazole rings is 1. The number of benzene rings is 1. The Kier molecular flexibility index (Phi) is 3.37. The fourth-order valence-electron chi connectivity index (χ4n) is 1.74. The van der Waals surface area contributed by atoms with Gasteiger partial charge in [0.1, 0.15) is 5.75 Å². The average molecular weight is 272 g/mol. The van der Waals surface area contributed by atoms with Crippen molar-refractivity contribution in [1.29, 1.82) is 0 Å². The first-order chi connectivity index (χ1) is 8.90. The molecule has 0 saturated heterocycles. The van der Waals surface area contributed by atoms with E-state index in [2.05, 4.69) is 9.72 Å². The third kappa shape index (κ3) is 2.98. The molecule has 2 aromatic rings. The van der Waals surface area contributed by atoms with E-state index >= 15 is 0 Å². The molecule has 0 aliphatic carbocycles. The highest BCUT2D eigenvalue weighted by Crippen LogP contribution is 2.23. The minimum absolute atomic E-state index is 0.321. The van der Waals surface area contributed by atoms with Crippen LogP contribution in [-0.2, 0) is 6.42 Å². The summed E-state index contributed by atoms with van der Waals surface area (Å²) in [6, 6.07) is 5.13. The largest absolute Gasteiger partial charge is 0.573 e. The van der Waals surface area contributed by atoms with Crippen molar-refractivity contribution in [2.75, 3.05) is 0 Å². The van der Waals surface area contributed by atoms with Crippen LogP contribution in [0.5, 0.6) is 5.75 Å². The zero-order chi connectivity index (χ0) is 14.0. The number of rotatable bonds is 3. The second-order valence-electron chi connectivity index (χ2n) is 3.82. The highest BCUT2D eigenvalue weighted by molar-refractivity contribution is 5.38. The molecule has 2 rings (SSSR count). The third-order valence-electron chi connectivity index (χ3n) is 2.54. The molecule has 4 nitrogen and oxygen atoms in total. The van der Waals surface area contributed by atoms with Gasteiger partial charge in [-0.3, -0.25) is 4.57 Å². The number of aromatic nitrogens is 2. The predicted octanol–water partition coefficient (Wildman–Crippen LogP) is 2.63. The molecule has 0 radical (unpaired) electrons. The summed E-state index contributed by atoms with van der Waals surface area (Å²) in [7, 11) is 0. The quantitative estimate of drug-likeness (QED) is 0.933. The van der Waals surface area contributed by atoms with Gasteiger partial charge in [-0.15, -0.1) is 13.2 Å². The lowest BCUT2D eigenvalue weighted by molar-refractivity contribution is -0.274. The number of hydrogen-bond acceptors (Lipinski definition) is 2. The van der Waals surface area contributed by atoms with E-state index in [4.69, 9.17) is 0 Å². The highest BCUT2D eigenvalue weighted by atomic mass is 19.4. The van der Waals surface area contributed by atoms with E-state index in [1.807, 2.05) is 6.92 Å². The fraction of sp³-hybridized carbons (Fsp3) is 0.250. The Bertz CT molecular complexity index is 611. The van der Waals surface area contributed by atoms with Crippen molar-refractivity contribution in [2.24, 2.45) is 0 Å². The highest BCUT2D eigenvalue weighted by Gasteiger charge is 2.30. The van der Waals surface area contributed by atoms with Crippen molar-refractivity contribution >= 4 is 0 Å². The second-order valence-corrected chi connectivity index (χ2v) is 3.82. The molecule has 0 unspecified atom stereocenters. The maximum absolute atomic E-state index is 12.0. The van der Waals surface area contributed by atoms with Gasteiger partial charge >= 0.3 is 12.1 Å². The van der Waals surface area contributed by atoms with Crippen LogP contribution in [0.15, 0.2) is 35.3 Å². The Labute approximate surface area is 106 Å². The molecule has 0 aliphatic rings. The van der Waals surface area contributed by atoms with Gasteiger partial charge in [0.25, 0.3) is 0 Å².